The van der Waals surface area contributed by atoms with Crippen molar-refractivity contribution in [2.24, 2.45) is 0 Å². The van der Waals surface area contributed by atoms with E-state index in [1.807, 2.05) is 45.0 Å². The smallest absolute Gasteiger partial charge is 0.243 e. The van der Waals surface area contributed by atoms with E-state index in [4.69, 9.17) is 0 Å². The van der Waals surface area contributed by atoms with E-state index in [0.29, 0.717) is 44.5 Å². The number of nitrogens with one attached hydrogen (secondary N) is 1. The van der Waals surface area contributed by atoms with E-state index in [1.165, 1.54) is 9.87 Å². The number of carbonyl (C=O) groups excluding carboxylic acids is 1. The second kappa shape index (κ2) is 10.0. The molecule has 1 aromatic heterocycles. The summed E-state index contributed by atoms with van der Waals surface area (Å²) in [6, 6.07) is 12.9. The second-order valence-corrected chi connectivity index (χ2v) is 9.36. The number of benzene rings is 2. The summed E-state index contributed by atoms with van der Waals surface area (Å²) in [6.45, 7) is 7.51. The molecule has 0 saturated heterocycles. The van der Waals surface area contributed by atoms with Crippen molar-refractivity contribution in [3.63, 3.8) is 0 Å². The summed E-state index contributed by atoms with van der Waals surface area (Å²) in [6.07, 6.45) is 0.985. The first-order valence-corrected chi connectivity index (χ1v) is 11.9. The predicted molar refractivity (Wildman–Crippen MR) is 120 cm³/mol. The fourth-order valence-corrected chi connectivity index (χ4v) is 4.85. The summed E-state index contributed by atoms with van der Waals surface area (Å²) in [5.41, 5.74) is 3.53. The monoisotopic (exact) mass is 443 g/mol. The van der Waals surface area contributed by atoms with Gasteiger partial charge in [0, 0.05) is 32.6 Å². The zero-order valence-corrected chi connectivity index (χ0v) is 19.0. The van der Waals surface area contributed by atoms with Gasteiger partial charge < -0.3 is 5.32 Å². The van der Waals surface area contributed by atoms with E-state index in [2.05, 4.69) is 15.6 Å². The molecule has 31 heavy (non-hydrogen) atoms. The zero-order chi connectivity index (χ0) is 22.4. The Bertz CT molecular complexity index is 1140. The topological polar surface area (TPSA) is 97.2 Å². The minimum atomic E-state index is -3.54. The van der Waals surface area contributed by atoms with Crippen molar-refractivity contribution in [3.05, 3.63) is 53.6 Å². The van der Waals surface area contributed by atoms with Crippen molar-refractivity contribution >= 4 is 27.0 Å². The predicted octanol–water partition coefficient (Wildman–Crippen LogP) is 2.87. The van der Waals surface area contributed by atoms with Crippen molar-refractivity contribution in [2.75, 3.05) is 13.1 Å². The summed E-state index contributed by atoms with van der Waals surface area (Å²) < 4.78 is 28.5. The number of amides is 1. The van der Waals surface area contributed by atoms with Crippen molar-refractivity contribution in [2.45, 2.75) is 51.6 Å². The average molecular weight is 444 g/mol. The quantitative estimate of drug-likeness (QED) is 0.520. The lowest BCUT2D eigenvalue weighted by atomic mass is 10.1. The van der Waals surface area contributed by atoms with Gasteiger partial charge in [-0.2, -0.15) is 4.31 Å². The summed E-state index contributed by atoms with van der Waals surface area (Å²) in [4.78, 5) is 12.3. The van der Waals surface area contributed by atoms with Crippen LogP contribution in [0.5, 0.6) is 0 Å². The van der Waals surface area contributed by atoms with Crippen LogP contribution in [-0.4, -0.2) is 46.7 Å². The number of hydrogen-bond acceptors (Lipinski definition) is 5. The molecule has 0 aliphatic carbocycles. The van der Waals surface area contributed by atoms with Crippen LogP contribution in [0.15, 0.2) is 47.4 Å². The Balaban J connectivity index is 1.57. The Labute approximate surface area is 183 Å². The van der Waals surface area contributed by atoms with Gasteiger partial charge in [-0.25, -0.2) is 13.1 Å². The van der Waals surface area contributed by atoms with E-state index >= 15 is 0 Å². The third kappa shape index (κ3) is 5.48. The number of aryl methyl sites for hydroxylation is 2. The van der Waals surface area contributed by atoms with Gasteiger partial charge in [0.2, 0.25) is 15.9 Å². The summed E-state index contributed by atoms with van der Waals surface area (Å²) in [7, 11) is -3.54. The van der Waals surface area contributed by atoms with Crippen molar-refractivity contribution < 1.29 is 13.2 Å². The molecule has 8 nitrogen and oxygen atoms in total. The lowest BCUT2D eigenvalue weighted by molar-refractivity contribution is -0.121. The van der Waals surface area contributed by atoms with Crippen LogP contribution >= 0.6 is 0 Å². The SMILES string of the molecule is CCN(CC)S(=O)(=O)c1ccc2c(c1)nnn2CCCC(=O)NCc1ccc(C)cc1. The normalized spacial score (nSPS) is 11.9. The maximum atomic E-state index is 12.7. The second-order valence-electron chi connectivity index (χ2n) is 7.42. The van der Waals surface area contributed by atoms with E-state index in [0.717, 1.165) is 11.1 Å². The fraction of sp³-hybridized carbons (Fsp3) is 0.409. The van der Waals surface area contributed by atoms with E-state index in [-0.39, 0.29) is 10.8 Å². The first-order chi connectivity index (χ1) is 14.8. The molecule has 3 rings (SSSR count). The third-order valence-corrected chi connectivity index (χ3v) is 7.26. The van der Waals surface area contributed by atoms with E-state index < -0.39 is 10.0 Å². The first kappa shape index (κ1) is 22.9. The number of nitrogens with zero attached hydrogens (tertiary/aromatic N) is 4. The molecule has 1 heterocycles. The van der Waals surface area contributed by atoms with Crippen molar-refractivity contribution in [1.82, 2.24) is 24.6 Å². The molecule has 1 amide bonds. The van der Waals surface area contributed by atoms with Gasteiger partial charge in [-0.05, 0) is 37.1 Å². The minimum Gasteiger partial charge on any atom is -0.352 e. The molecular weight excluding hydrogens is 414 g/mol. The number of carbonyl (C=O) groups is 1. The number of sulfonamides is 1. The molecule has 9 heteroatoms. The molecule has 3 aromatic rings. The highest BCUT2D eigenvalue weighted by atomic mass is 32.2. The number of hydrogen-bond donors (Lipinski definition) is 1. The summed E-state index contributed by atoms with van der Waals surface area (Å²) >= 11 is 0. The molecule has 0 saturated carbocycles. The lowest BCUT2D eigenvalue weighted by Crippen LogP contribution is -2.30. The molecule has 0 aliphatic rings. The van der Waals surface area contributed by atoms with Crippen molar-refractivity contribution in [1.29, 1.82) is 0 Å². The number of fused-ring (bicyclic) bond motifs is 1. The van der Waals surface area contributed by atoms with Crippen LogP contribution in [0, 0.1) is 6.92 Å². The van der Waals surface area contributed by atoms with Crippen LogP contribution in [0.2, 0.25) is 0 Å². The van der Waals surface area contributed by atoms with Crippen LogP contribution in [-0.2, 0) is 27.9 Å². The molecule has 166 valence electrons. The Kier molecular flexibility index (Phi) is 7.40. The molecule has 0 aliphatic heterocycles. The molecule has 1 N–H and O–H groups in total. The van der Waals surface area contributed by atoms with E-state index in [1.54, 1.807) is 22.9 Å². The highest BCUT2D eigenvalue weighted by Crippen LogP contribution is 2.20. The highest BCUT2D eigenvalue weighted by molar-refractivity contribution is 7.89. The summed E-state index contributed by atoms with van der Waals surface area (Å²) in [5, 5.41) is 11.2. The van der Waals surface area contributed by atoms with Gasteiger partial charge in [0.15, 0.2) is 0 Å². The fourth-order valence-electron chi connectivity index (χ4n) is 3.37. The van der Waals surface area contributed by atoms with E-state index in [9.17, 15) is 13.2 Å². The highest BCUT2D eigenvalue weighted by Gasteiger charge is 2.22. The van der Waals surface area contributed by atoms with Gasteiger partial charge >= 0.3 is 0 Å². The molecule has 0 bridgehead atoms. The minimum absolute atomic E-state index is 0.0161. The van der Waals surface area contributed by atoms with Crippen LogP contribution < -0.4 is 5.32 Å². The molecule has 0 unspecified atom stereocenters. The zero-order valence-electron chi connectivity index (χ0n) is 18.2. The van der Waals surface area contributed by atoms with Gasteiger partial charge in [-0.1, -0.05) is 48.9 Å². The Morgan fingerprint density at radius 2 is 1.81 bits per heavy atom. The molecule has 2 aromatic carbocycles. The maximum absolute atomic E-state index is 12.7. The van der Waals surface area contributed by atoms with Crippen LogP contribution in [0.1, 0.15) is 37.8 Å². The third-order valence-electron chi connectivity index (χ3n) is 5.21. The van der Waals surface area contributed by atoms with Gasteiger partial charge in [0.1, 0.15) is 5.52 Å². The average Bonchev–Trinajstić information content (AvgIpc) is 3.16. The standard InChI is InChI=1S/C22H29N5O3S/c1-4-26(5-2)31(29,30)19-12-13-21-20(15-19)24-25-27(21)14-6-7-22(28)23-16-18-10-8-17(3)9-11-18/h8-13,15H,4-7,14,16H2,1-3H3,(H,23,28). The Morgan fingerprint density at radius 3 is 2.48 bits per heavy atom. The maximum Gasteiger partial charge on any atom is 0.243 e. The number of rotatable bonds is 10. The molecule has 0 fully saturated rings. The van der Waals surface area contributed by atoms with Crippen LogP contribution in [0.3, 0.4) is 0 Å². The van der Waals surface area contributed by atoms with Crippen LogP contribution in [0.25, 0.3) is 11.0 Å². The molecule has 0 atom stereocenters. The van der Waals surface area contributed by atoms with Crippen molar-refractivity contribution in [3.8, 4) is 0 Å². The Morgan fingerprint density at radius 1 is 1.10 bits per heavy atom. The molecule has 0 radical (unpaired) electrons. The van der Waals surface area contributed by atoms with Crippen LogP contribution in [0.4, 0.5) is 0 Å². The largest absolute Gasteiger partial charge is 0.352 e. The van der Waals surface area contributed by atoms with Gasteiger partial charge in [-0.3, -0.25) is 4.79 Å². The Hall–Kier alpha value is -2.78. The van der Waals surface area contributed by atoms with Gasteiger partial charge in [-0.15, -0.1) is 5.10 Å². The molecule has 0 spiro atoms. The van der Waals surface area contributed by atoms with Gasteiger partial charge in [0.25, 0.3) is 0 Å². The molecular formula is C22H29N5O3S. The summed E-state index contributed by atoms with van der Waals surface area (Å²) in [5.74, 6) is -0.0161. The van der Waals surface area contributed by atoms with Gasteiger partial charge in [0.05, 0.1) is 10.4 Å². The number of aromatic nitrogens is 3. The first-order valence-electron chi connectivity index (χ1n) is 10.5. The lowest BCUT2D eigenvalue weighted by Gasteiger charge is -2.18.